The monoisotopic (exact) mass is 438 g/mol. The Hall–Kier alpha value is -3.66. The van der Waals surface area contributed by atoms with Crippen molar-refractivity contribution >= 4 is 5.91 Å². The fourth-order valence-electron chi connectivity index (χ4n) is 3.55. The SMILES string of the molecule is COc1ccc(-n2nnnc2CN2CCN(C(=O)COc3ccccc3OC)CC2)cc1. The molecule has 1 fully saturated rings. The topological polar surface area (TPSA) is 94.8 Å². The third kappa shape index (κ3) is 4.97. The Bertz CT molecular complexity index is 1030. The van der Waals surface area contributed by atoms with E-state index >= 15 is 0 Å². The number of carbonyl (C=O) groups is 1. The van der Waals surface area contributed by atoms with Crippen molar-refractivity contribution in [2.45, 2.75) is 6.54 Å². The molecule has 2 aromatic carbocycles. The smallest absolute Gasteiger partial charge is 0.260 e. The molecule has 1 amide bonds. The molecule has 1 aromatic heterocycles. The molecule has 0 bridgehead atoms. The highest BCUT2D eigenvalue weighted by Crippen LogP contribution is 2.25. The summed E-state index contributed by atoms with van der Waals surface area (Å²) in [6, 6.07) is 14.9. The summed E-state index contributed by atoms with van der Waals surface area (Å²) >= 11 is 0. The number of rotatable bonds is 8. The van der Waals surface area contributed by atoms with E-state index in [1.807, 2.05) is 41.3 Å². The molecule has 1 aliphatic heterocycles. The van der Waals surface area contributed by atoms with Gasteiger partial charge < -0.3 is 19.1 Å². The largest absolute Gasteiger partial charge is 0.497 e. The maximum absolute atomic E-state index is 12.6. The average Bonchev–Trinajstić information content (AvgIpc) is 3.31. The van der Waals surface area contributed by atoms with Crippen LogP contribution in [0.5, 0.6) is 17.2 Å². The lowest BCUT2D eigenvalue weighted by molar-refractivity contribution is -0.135. The van der Waals surface area contributed by atoms with Crippen LogP contribution in [-0.4, -0.2) is 82.9 Å². The Morgan fingerprint density at radius 2 is 1.66 bits per heavy atom. The van der Waals surface area contributed by atoms with Gasteiger partial charge in [-0.05, 0) is 46.8 Å². The molecule has 1 saturated heterocycles. The molecule has 0 N–H and O–H groups in total. The molecule has 0 unspecified atom stereocenters. The first-order chi connectivity index (χ1) is 15.7. The molecule has 32 heavy (non-hydrogen) atoms. The van der Waals surface area contributed by atoms with Gasteiger partial charge in [0.05, 0.1) is 26.5 Å². The molecule has 10 heteroatoms. The Balaban J connectivity index is 1.29. The van der Waals surface area contributed by atoms with Crippen molar-refractivity contribution in [2.75, 3.05) is 47.0 Å². The summed E-state index contributed by atoms with van der Waals surface area (Å²) in [6.07, 6.45) is 0. The lowest BCUT2D eigenvalue weighted by atomic mass is 10.3. The zero-order valence-electron chi connectivity index (χ0n) is 18.2. The summed E-state index contributed by atoms with van der Waals surface area (Å²) in [6.45, 7) is 3.29. The number of nitrogens with zero attached hydrogens (tertiary/aromatic N) is 6. The van der Waals surface area contributed by atoms with E-state index in [1.165, 1.54) is 0 Å². The van der Waals surface area contributed by atoms with Crippen molar-refractivity contribution in [2.24, 2.45) is 0 Å². The first-order valence-corrected chi connectivity index (χ1v) is 10.4. The number of ether oxygens (including phenoxy) is 3. The summed E-state index contributed by atoms with van der Waals surface area (Å²) in [4.78, 5) is 16.6. The summed E-state index contributed by atoms with van der Waals surface area (Å²) < 4.78 is 17.9. The molecule has 10 nitrogen and oxygen atoms in total. The Labute approximate surface area is 186 Å². The van der Waals surface area contributed by atoms with Crippen LogP contribution < -0.4 is 14.2 Å². The number of aromatic nitrogens is 4. The quantitative estimate of drug-likeness (QED) is 0.521. The zero-order valence-corrected chi connectivity index (χ0v) is 18.2. The third-order valence-electron chi connectivity index (χ3n) is 5.36. The van der Waals surface area contributed by atoms with Gasteiger partial charge in [-0.1, -0.05) is 12.1 Å². The highest BCUT2D eigenvalue weighted by Gasteiger charge is 2.23. The number of amides is 1. The average molecular weight is 438 g/mol. The second kappa shape index (κ2) is 10.1. The van der Waals surface area contributed by atoms with Gasteiger partial charge in [-0.25, -0.2) is 0 Å². The molecular weight excluding hydrogens is 412 g/mol. The second-order valence-corrected chi connectivity index (χ2v) is 7.30. The van der Waals surface area contributed by atoms with Gasteiger partial charge in [0.1, 0.15) is 5.75 Å². The van der Waals surface area contributed by atoms with Crippen molar-refractivity contribution < 1.29 is 19.0 Å². The van der Waals surface area contributed by atoms with Crippen molar-refractivity contribution in [1.82, 2.24) is 30.0 Å². The maximum atomic E-state index is 12.6. The maximum Gasteiger partial charge on any atom is 0.260 e. The Kier molecular flexibility index (Phi) is 6.81. The van der Waals surface area contributed by atoms with Gasteiger partial charge in [0.25, 0.3) is 5.91 Å². The second-order valence-electron chi connectivity index (χ2n) is 7.30. The molecule has 4 rings (SSSR count). The molecule has 0 saturated carbocycles. The first kappa shape index (κ1) is 21.6. The van der Waals surface area contributed by atoms with Crippen LogP contribution in [0.2, 0.25) is 0 Å². The van der Waals surface area contributed by atoms with Gasteiger partial charge in [-0.15, -0.1) is 5.10 Å². The molecule has 2 heterocycles. The van der Waals surface area contributed by atoms with E-state index in [9.17, 15) is 4.79 Å². The Morgan fingerprint density at radius 3 is 2.34 bits per heavy atom. The Morgan fingerprint density at radius 1 is 0.938 bits per heavy atom. The number of hydrogen-bond acceptors (Lipinski definition) is 8. The number of piperazine rings is 1. The van der Waals surface area contributed by atoms with E-state index in [4.69, 9.17) is 14.2 Å². The first-order valence-electron chi connectivity index (χ1n) is 10.4. The summed E-state index contributed by atoms with van der Waals surface area (Å²) in [5.74, 6) is 2.65. The molecule has 0 atom stereocenters. The van der Waals surface area contributed by atoms with Gasteiger partial charge in [-0.3, -0.25) is 9.69 Å². The number of tetrazole rings is 1. The van der Waals surface area contributed by atoms with Crippen LogP contribution in [0.25, 0.3) is 5.69 Å². The molecule has 168 valence electrons. The van der Waals surface area contributed by atoms with Crippen molar-refractivity contribution in [3.05, 3.63) is 54.4 Å². The van der Waals surface area contributed by atoms with Crippen LogP contribution in [0.4, 0.5) is 0 Å². The number of para-hydroxylation sites is 2. The summed E-state index contributed by atoms with van der Waals surface area (Å²) in [7, 11) is 3.21. The number of carbonyl (C=O) groups excluding carboxylic acids is 1. The normalized spacial score (nSPS) is 14.2. The van der Waals surface area contributed by atoms with Crippen LogP contribution in [0.15, 0.2) is 48.5 Å². The van der Waals surface area contributed by atoms with E-state index in [2.05, 4.69) is 20.4 Å². The zero-order chi connectivity index (χ0) is 22.3. The fourth-order valence-corrected chi connectivity index (χ4v) is 3.55. The summed E-state index contributed by atoms with van der Waals surface area (Å²) in [5.41, 5.74) is 0.869. The molecule has 1 aliphatic rings. The van der Waals surface area contributed by atoms with Gasteiger partial charge in [0.2, 0.25) is 0 Å². The molecular formula is C22H26N6O4. The lowest BCUT2D eigenvalue weighted by Gasteiger charge is -2.34. The van der Waals surface area contributed by atoms with Crippen LogP contribution >= 0.6 is 0 Å². The summed E-state index contributed by atoms with van der Waals surface area (Å²) in [5, 5.41) is 12.1. The minimum absolute atomic E-state index is 0.0178. The van der Waals surface area contributed by atoms with E-state index in [-0.39, 0.29) is 12.5 Å². The van der Waals surface area contributed by atoms with E-state index in [1.54, 1.807) is 31.0 Å². The highest BCUT2D eigenvalue weighted by molar-refractivity contribution is 5.78. The van der Waals surface area contributed by atoms with E-state index in [0.717, 1.165) is 30.4 Å². The standard InChI is InChI=1S/C22H26N6O4/c1-30-18-9-7-17(8-10-18)28-21(23-24-25-28)15-26-11-13-27(14-12-26)22(29)16-32-20-6-4-3-5-19(20)31-2/h3-10H,11-16H2,1-2H3. The predicted octanol–water partition coefficient (Wildman–Crippen LogP) is 1.40. The van der Waals surface area contributed by atoms with Crippen LogP contribution in [0.3, 0.4) is 0 Å². The van der Waals surface area contributed by atoms with Gasteiger partial charge in [-0.2, -0.15) is 4.68 Å². The van der Waals surface area contributed by atoms with Crippen LogP contribution in [-0.2, 0) is 11.3 Å². The highest BCUT2D eigenvalue weighted by atomic mass is 16.5. The lowest BCUT2D eigenvalue weighted by Crippen LogP contribution is -2.49. The number of benzene rings is 2. The minimum Gasteiger partial charge on any atom is -0.497 e. The fraction of sp³-hybridized carbons (Fsp3) is 0.364. The number of hydrogen-bond donors (Lipinski definition) is 0. The van der Waals surface area contributed by atoms with Gasteiger partial charge >= 0.3 is 0 Å². The molecule has 0 radical (unpaired) electrons. The van der Waals surface area contributed by atoms with Crippen molar-refractivity contribution in [3.63, 3.8) is 0 Å². The third-order valence-corrected chi connectivity index (χ3v) is 5.36. The van der Waals surface area contributed by atoms with E-state index < -0.39 is 0 Å². The minimum atomic E-state index is -0.0429. The predicted molar refractivity (Wildman–Crippen MR) is 116 cm³/mol. The van der Waals surface area contributed by atoms with Gasteiger partial charge in [0.15, 0.2) is 23.9 Å². The van der Waals surface area contributed by atoms with E-state index in [0.29, 0.717) is 31.1 Å². The molecule has 3 aromatic rings. The van der Waals surface area contributed by atoms with Crippen LogP contribution in [0.1, 0.15) is 5.82 Å². The van der Waals surface area contributed by atoms with Crippen molar-refractivity contribution in [1.29, 1.82) is 0 Å². The molecule has 0 aliphatic carbocycles. The van der Waals surface area contributed by atoms with Gasteiger partial charge in [0, 0.05) is 26.2 Å². The van der Waals surface area contributed by atoms with Crippen molar-refractivity contribution in [3.8, 4) is 22.9 Å². The number of methoxy groups -OCH3 is 2. The van der Waals surface area contributed by atoms with Crippen LogP contribution in [0, 0.1) is 0 Å². The molecule has 0 spiro atoms.